The number of benzene rings is 3. The van der Waals surface area contributed by atoms with E-state index in [0.717, 1.165) is 27.2 Å². The molecular formula is C24H24FNO4. The Morgan fingerprint density at radius 1 is 1.00 bits per heavy atom. The summed E-state index contributed by atoms with van der Waals surface area (Å²) in [7, 11) is 0. The SMILES string of the molecule is CC(C)n1c2ccccc2c2c3ccc(F)cc3c([C@@H](O)C[C@@H](O)CC(=O)O)cc21. The van der Waals surface area contributed by atoms with Crippen LogP contribution in [-0.4, -0.2) is 32.0 Å². The number of fused-ring (bicyclic) bond motifs is 5. The van der Waals surface area contributed by atoms with E-state index < -0.39 is 30.4 Å². The lowest BCUT2D eigenvalue weighted by Crippen LogP contribution is -2.16. The van der Waals surface area contributed by atoms with E-state index in [2.05, 4.69) is 18.4 Å². The third-order valence-electron chi connectivity index (χ3n) is 5.58. The summed E-state index contributed by atoms with van der Waals surface area (Å²) in [6, 6.07) is 14.5. The van der Waals surface area contributed by atoms with Gasteiger partial charge in [0, 0.05) is 28.8 Å². The lowest BCUT2D eigenvalue weighted by Gasteiger charge is -2.19. The first kappa shape index (κ1) is 20.3. The van der Waals surface area contributed by atoms with E-state index in [1.54, 1.807) is 6.07 Å². The Kier molecular flexibility index (Phi) is 5.22. The summed E-state index contributed by atoms with van der Waals surface area (Å²) in [5.41, 5.74) is 2.43. The molecule has 0 radical (unpaired) electrons. The number of aliphatic hydroxyl groups is 2. The van der Waals surface area contributed by atoms with Gasteiger partial charge in [-0.15, -0.1) is 0 Å². The Morgan fingerprint density at radius 2 is 1.73 bits per heavy atom. The summed E-state index contributed by atoms with van der Waals surface area (Å²) < 4.78 is 16.3. The molecule has 1 aromatic heterocycles. The molecule has 0 aliphatic heterocycles. The molecule has 0 fully saturated rings. The lowest BCUT2D eigenvalue weighted by molar-refractivity contribution is -0.139. The number of carbonyl (C=O) groups is 1. The Bertz CT molecular complexity index is 1260. The van der Waals surface area contributed by atoms with Crippen molar-refractivity contribution in [3.63, 3.8) is 0 Å². The highest BCUT2D eigenvalue weighted by atomic mass is 19.1. The topological polar surface area (TPSA) is 82.7 Å². The molecule has 3 N–H and O–H groups in total. The highest BCUT2D eigenvalue weighted by Gasteiger charge is 2.23. The van der Waals surface area contributed by atoms with Crippen molar-refractivity contribution >= 4 is 38.5 Å². The summed E-state index contributed by atoms with van der Waals surface area (Å²) in [4.78, 5) is 10.9. The summed E-state index contributed by atoms with van der Waals surface area (Å²) in [6.45, 7) is 4.15. The van der Waals surface area contributed by atoms with Crippen LogP contribution < -0.4 is 0 Å². The molecule has 0 aliphatic carbocycles. The summed E-state index contributed by atoms with van der Waals surface area (Å²) in [5, 5.41) is 33.2. The van der Waals surface area contributed by atoms with Crippen LogP contribution in [0.5, 0.6) is 0 Å². The van der Waals surface area contributed by atoms with E-state index in [0.29, 0.717) is 10.9 Å². The largest absolute Gasteiger partial charge is 0.481 e. The van der Waals surface area contributed by atoms with Gasteiger partial charge in [0.1, 0.15) is 5.82 Å². The predicted molar refractivity (Wildman–Crippen MR) is 115 cm³/mol. The maximum absolute atomic E-state index is 14.1. The Hall–Kier alpha value is -2.96. The van der Waals surface area contributed by atoms with Crippen molar-refractivity contribution in [3.05, 3.63) is 59.9 Å². The van der Waals surface area contributed by atoms with Gasteiger partial charge in [-0.3, -0.25) is 4.79 Å². The zero-order valence-corrected chi connectivity index (χ0v) is 16.8. The number of nitrogens with zero attached hydrogens (tertiary/aromatic N) is 1. The first-order valence-electron chi connectivity index (χ1n) is 10.0. The van der Waals surface area contributed by atoms with Crippen LogP contribution in [0, 0.1) is 5.82 Å². The number of carboxylic acid groups (broad SMARTS) is 1. The van der Waals surface area contributed by atoms with Gasteiger partial charge in [-0.2, -0.15) is 0 Å². The molecule has 0 saturated heterocycles. The molecule has 4 rings (SSSR count). The molecule has 3 aromatic carbocycles. The highest BCUT2D eigenvalue weighted by molar-refractivity contribution is 6.21. The number of aliphatic hydroxyl groups excluding tert-OH is 2. The van der Waals surface area contributed by atoms with Crippen molar-refractivity contribution in [1.29, 1.82) is 0 Å². The molecule has 156 valence electrons. The standard InChI is InChI=1S/C24H24FNO4/c1-13(2)26-20-6-4-3-5-17(20)24-16-8-7-14(25)9-18(16)19(12-21(24)26)22(28)10-15(27)11-23(29)30/h3-9,12-13,15,22,27-28H,10-11H2,1-2H3,(H,29,30)/t15-,22+/m1/s1. The van der Waals surface area contributed by atoms with Crippen molar-refractivity contribution < 1.29 is 24.5 Å². The highest BCUT2D eigenvalue weighted by Crippen LogP contribution is 2.40. The van der Waals surface area contributed by atoms with Gasteiger partial charge in [-0.25, -0.2) is 4.39 Å². The molecule has 0 amide bonds. The van der Waals surface area contributed by atoms with E-state index in [9.17, 15) is 19.4 Å². The van der Waals surface area contributed by atoms with Crippen molar-refractivity contribution in [2.24, 2.45) is 0 Å². The van der Waals surface area contributed by atoms with Gasteiger partial charge >= 0.3 is 5.97 Å². The van der Waals surface area contributed by atoms with Crippen LogP contribution in [0.2, 0.25) is 0 Å². The molecule has 30 heavy (non-hydrogen) atoms. The molecule has 0 spiro atoms. The maximum Gasteiger partial charge on any atom is 0.305 e. The number of aliphatic carboxylic acids is 1. The van der Waals surface area contributed by atoms with Crippen LogP contribution in [0.1, 0.15) is 44.4 Å². The number of halogens is 1. The van der Waals surface area contributed by atoms with Crippen LogP contribution in [0.15, 0.2) is 48.5 Å². The van der Waals surface area contributed by atoms with Gasteiger partial charge < -0.3 is 19.9 Å². The molecule has 0 bridgehead atoms. The molecule has 0 aliphatic rings. The Morgan fingerprint density at radius 3 is 2.43 bits per heavy atom. The quantitative estimate of drug-likeness (QED) is 0.422. The number of hydrogen-bond donors (Lipinski definition) is 3. The lowest BCUT2D eigenvalue weighted by atomic mass is 9.93. The van der Waals surface area contributed by atoms with Gasteiger partial charge in [0.25, 0.3) is 0 Å². The summed E-state index contributed by atoms with van der Waals surface area (Å²) in [6.07, 6.45) is -2.94. The fourth-order valence-corrected chi connectivity index (χ4v) is 4.41. The minimum atomic E-state index is -1.20. The fraction of sp³-hybridized carbons (Fsp3) is 0.292. The van der Waals surface area contributed by atoms with E-state index in [-0.39, 0.29) is 12.5 Å². The fourth-order valence-electron chi connectivity index (χ4n) is 4.41. The molecule has 0 saturated carbocycles. The minimum absolute atomic E-state index is 0.146. The second-order valence-corrected chi connectivity index (χ2v) is 8.03. The third kappa shape index (κ3) is 3.42. The maximum atomic E-state index is 14.1. The van der Waals surface area contributed by atoms with Crippen molar-refractivity contribution in [3.8, 4) is 0 Å². The molecule has 0 unspecified atom stereocenters. The molecule has 5 nitrogen and oxygen atoms in total. The number of rotatable bonds is 6. The average molecular weight is 409 g/mol. The van der Waals surface area contributed by atoms with Crippen LogP contribution >= 0.6 is 0 Å². The molecule has 1 heterocycles. The predicted octanol–water partition coefficient (Wildman–Crippen LogP) is 4.93. The van der Waals surface area contributed by atoms with E-state index >= 15 is 0 Å². The Labute approximate surface area is 173 Å². The summed E-state index contributed by atoms with van der Waals surface area (Å²) >= 11 is 0. The van der Waals surface area contributed by atoms with Crippen LogP contribution in [0.4, 0.5) is 4.39 Å². The van der Waals surface area contributed by atoms with Gasteiger partial charge in [0.05, 0.1) is 24.1 Å². The van der Waals surface area contributed by atoms with Crippen LogP contribution in [-0.2, 0) is 4.79 Å². The van der Waals surface area contributed by atoms with Crippen LogP contribution in [0.3, 0.4) is 0 Å². The van der Waals surface area contributed by atoms with Gasteiger partial charge in [-0.1, -0.05) is 24.3 Å². The first-order valence-corrected chi connectivity index (χ1v) is 10.0. The Balaban J connectivity index is 2.02. The van der Waals surface area contributed by atoms with Crippen molar-refractivity contribution in [2.45, 2.75) is 44.9 Å². The van der Waals surface area contributed by atoms with Gasteiger partial charge in [0.15, 0.2) is 0 Å². The number of carboxylic acids is 1. The van der Waals surface area contributed by atoms with Crippen molar-refractivity contribution in [1.82, 2.24) is 4.57 Å². The smallest absolute Gasteiger partial charge is 0.305 e. The normalized spacial score (nSPS) is 14.1. The number of hydrogen-bond acceptors (Lipinski definition) is 3. The minimum Gasteiger partial charge on any atom is -0.481 e. The second-order valence-electron chi connectivity index (χ2n) is 8.03. The van der Waals surface area contributed by atoms with Crippen LogP contribution in [0.25, 0.3) is 32.6 Å². The van der Waals surface area contributed by atoms with Crippen molar-refractivity contribution in [2.75, 3.05) is 0 Å². The second kappa shape index (κ2) is 7.70. The number of aromatic nitrogens is 1. The van der Waals surface area contributed by atoms with E-state index in [4.69, 9.17) is 5.11 Å². The van der Waals surface area contributed by atoms with E-state index in [1.165, 1.54) is 12.1 Å². The van der Waals surface area contributed by atoms with Gasteiger partial charge in [-0.05, 0) is 54.4 Å². The number of para-hydroxylation sites is 1. The third-order valence-corrected chi connectivity index (χ3v) is 5.58. The molecule has 6 heteroatoms. The van der Waals surface area contributed by atoms with E-state index in [1.807, 2.05) is 30.3 Å². The zero-order chi connectivity index (χ0) is 21.6. The molecule has 4 aromatic rings. The van der Waals surface area contributed by atoms with Gasteiger partial charge in [0.2, 0.25) is 0 Å². The zero-order valence-electron chi connectivity index (χ0n) is 16.8. The monoisotopic (exact) mass is 409 g/mol. The molecular weight excluding hydrogens is 385 g/mol. The average Bonchev–Trinajstić information content (AvgIpc) is 3.00. The first-order chi connectivity index (χ1) is 14.3. The summed E-state index contributed by atoms with van der Waals surface area (Å²) in [5.74, 6) is -1.56. The molecule has 2 atom stereocenters.